The zero-order valence-electron chi connectivity index (χ0n) is 18.2. The Morgan fingerprint density at radius 1 is 1.03 bits per heavy atom. The predicted octanol–water partition coefficient (Wildman–Crippen LogP) is 5.63. The van der Waals surface area contributed by atoms with Crippen LogP contribution in [0.15, 0.2) is 76.3 Å². The first kappa shape index (κ1) is 23.7. The van der Waals surface area contributed by atoms with Crippen LogP contribution in [-0.4, -0.2) is 17.5 Å². The molecule has 34 heavy (non-hydrogen) atoms. The maximum atomic E-state index is 12.9. The first-order valence-electron chi connectivity index (χ1n) is 10.4. The van der Waals surface area contributed by atoms with Crippen molar-refractivity contribution in [3.63, 3.8) is 0 Å². The molecule has 2 aromatic carbocycles. The molecule has 172 valence electrons. The Hall–Kier alpha value is -3.40. The molecular formula is C26H19Cl2NO5. The highest BCUT2D eigenvalue weighted by atomic mass is 35.5. The minimum atomic E-state index is -1.16. The summed E-state index contributed by atoms with van der Waals surface area (Å²) in [6.07, 6.45) is 0.279. The van der Waals surface area contributed by atoms with Gasteiger partial charge in [0.1, 0.15) is 27.6 Å². The summed E-state index contributed by atoms with van der Waals surface area (Å²) in [7, 11) is 0. The largest absolute Gasteiger partial charge is 0.457 e. The van der Waals surface area contributed by atoms with E-state index in [0.717, 1.165) is 0 Å². The van der Waals surface area contributed by atoms with Crippen molar-refractivity contribution in [1.82, 2.24) is 0 Å². The maximum absolute atomic E-state index is 12.9. The highest BCUT2D eigenvalue weighted by Crippen LogP contribution is 2.60. The molecule has 2 aromatic rings. The lowest BCUT2D eigenvalue weighted by atomic mass is 10.1. The van der Waals surface area contributed by atoms with Gasteiger partial charge < -0.3 is 9.47 Å². The number of para-hydroxylation sites is 1. The second-order valence-electron chi connectivity index (χ2n) is 8.63. The zero-order valence-corrected chi connectivity index (χ0v) is 19.8. The van der Waals surface area contributed by atoms with Gasteiger partial charge in [-0.3, -0.25) is 14.4 Å². The van der Waals surface area contributed by atoms with Gasteiger partial charge in [-0.05, 0) is 35.6 Å². The van der Waals surface area contributed by atoms with Crippen LogP contribution in [0.25, 0.3) is 0 Å². The number of ether oxygens (including phenoxy) is 2. The smallest absolute Gasteiger partial charge is 0.311 e. The van der Waals surface area contributed by atoms with Crippen LogP contribution in [0.1, 0.15) is 25.5 Å². The molecule has 0 radical (unpaired) electrons. The summed E-state index contributed by atoms with van der Waals surface area (Å²) in [6, 6.07) is 17.9. The number of rotatable bonds is 6. The summed E-state index contributed by atoms with van der Waals surface area (Å²) in [6.45, 7) is 3.63. The molecule has 3 unspecified atom stereocenters. The average Bonchev–Trinajstić information content (AvgIpc) is 3.33. The third kappa shape index (κ3) is 4.37. The SMILES string of the molecule is CC1(C)C(C=C2C(=O)C(Cl)=C(Cl)C2=O)C1C(=O)OC(C#N)c1cccc(Oc2ccccc2)c1. The van der Waals surface area contributed by atoms with E-state index >= 15 is 0 Å². The number of Topliss-reactive ketones (excluding diaryl/α,β-unsaturated/α-hetero) is 2. The number of nitrogens with zero attached hydrogens (tertiary/aromatic N) is 1. The van der Waals surface area contributed by atoms with E-state index in [-0.39, 0.29) is 15.6 Å². The molecule has 0 aliphatic heterocycles. The van der Waals surface area contributed by atoms with Crippen LogP contribution in [0.5, 0.6) is 11.5 Å². The van der Waals surface area contributed by atoms with Crippen LogP contribution in [0.2, 0.25) is 0 Å². The van der Waals surface area contributed by atoms with Crippen LogP contribution in [0, 0.1) is 28.6 Å². The summed E-state index contributed by atoms with van der Waals surface area (Å²) in [5, 5.41) is 9.02. The number of hydrogen-bond donors (Lipinski definition) is 0. The second-order valence-corrected chi connectivity index (χ2v) is 9.38. The van der Waals surface area contributed by atoms with E-state index < -0.39 is 40.9 Å². The highest BCUT2D eigenvalue weighted by Gasteiger charge is 2.62. The van der Waals surface area contributed by atoms with E-state index in [1.165, 1.54) is 6.08 Å². The standard InChI is InChI=1S/C26H19Cl2NO5/c1-26(2)18(12-17-23(30)21(27)22(28)24(17)31)20(26)25(32)34-19(13-29)14-7-6-10-16(11-14)33-15-8-4-3-5-9-15/h3-12,18-20H,1-2H3. The molecule has 8 heteroatoms. The van der Waals surface area contributed by atoms with Gasteiger partial charge in [-0.2, -0.15) is 5.26 Å². The second kappa shape index (κ2) is 9.09. The van der Waals surface area contributed by atoms with E-state index in [1.807, 2.05) is 38.1 Å². The van der Waals surface area contributed by atoms with Crippen molar-refractivity contribution < 1.29 is 23.9 Å². The Labute approximate surface area is 206 Å². The van der Waals surface area contributed by atoms with Gasteiger partial charge in [0.15, 0.2) is 0 Å². The minimum Gasteiger partial charge on any atom is -0.457 e. The van der Waals surface area contributed by atoms with Crippen molar-refractivity contribution in [1.29, 1.82) is 5.26 Å². The Balaban J connectivity index is 1.48. The predicted molar refractivity (Wildman–Crippen MR) is 125 cm³/mol. The van der Waals surface area contributed by atoms with Crippen molar-refractivity contribution in [2.45, 2.75) is 20.0 Å². The number of carbonyl (C=O) groups excluding carboxylic acids is 3. The fourth-order valence-electron chi connectivity index (χ4n) is 4.03. The van der Waals surface area contributed by atoms with Crippen LogP contribution in [0.4, 0.5) is 0 Å². The lowest BCUT2D eigenvalue weighted by Crippen LogP contribution is -2.14. The molecule has 2 aliphatic carbocycles. The van der Waals surface area contributed by atoms with Gasteiger partial charge >= 0.3 is 5.97 Å². The quantitative estimate of drug-likeness (QED) is 0.293. The van der Waals surface area contributed by atoms with Gasteiger partial charge in [-0.25, -0.2) is 0 Å². The molecule has 1 fully saturated rings. The number of benzene rings is 2. The first-order chi connectivity index (χ1) is 16.1. The third-order valence-corrected chi connectivity index (χ3v) is 6.90. The van der Waals surface area contributed by atoms with E-state index in [4.69, 9.17) is 32.7 Å². The lowest BCUT2D eigenvalue weighted by Gasteiger charge is -2.13. The van der Waals surface area contributed by atoms with Gasteiger partial charge in [-0.1, -0.05) is 73.5 Å². The van der Waals surface area contributed by atoms with Gasteiger partial charge in [0.05, 0.1) is 11.5 Å². The number of carbonyl (C=O) groups is 3. The first-order valence-corrected chi connectivity index (χ1v) is 11.2. The molecule has 0 N–H and O–H groups in total. The van der Waals surface area contributed by atoms with Gasteiger partial charge in [0.2, 0.25) is 17.7 Å². The van der Waals surface area contributed by atoms with Gasteiger partial charge in [-0.15, -0.1) is 0 Å². The lowest BCUT2D eigenvalue weighted by molar-refractivity contribution is -0.149. The molecule has 0 aromatic heterocycles. The molecule has 0 saturated heterocycles. The summed E-state index contributed by atoms with van der Waals surface area (Å²) in [5.74, 6) is -1.87. The van der Waals surface area contributed by atoms with Crippen LogP contribution in [-0.2, 0) is 19.1 Å². The topological polar surface area (TPSA) is 93.5 Å². The van der Waals surface area contributed by atoms with Crippen molar-refractivity contribution >= 4 is 40.7 Å². The third-order valence-electron chi connectivity index (χ3n) is 6.08. The van der Waals surface area contributed by atoms with Crippen molar-refractivity contribution in [2.24, 2.45) is 17.3 Å². The summed E-state index contributed by atoms with van der Waals surface area (Å²) in [4.78, 5) is 37.4. The summed E-state index contributed by atoms with van der Waals surface area (Å²) in [5.41, 5.74) is -0.266. The highest BCUT2D eigenvalue weighted by molar-refractivity contribution is 6.64. The normalized spacial score (nSPS) is 21.7. The fraction of sp³-hybridized carbons (Fsp3) is 0.231. The van der Waals surface area contributed by atoms with Gasteiger partial charge in [0.25, 0.3) is 0 Å². The fourth-order valence-corrected chi connectivity index (χ4v) is 4.41. The van der Waals surface area contributed by atoms with Crippen LogP contribution in [0.3, 0.4) is 0 Å². The molecular weight excluding hydrogens is 477 g/mol. The van der Waals surface area contributed by atoms with E-state index in [9.17, 15) is 19.6 Å². The number of nitriles is 1. The van der Waals surface area contributed by atoms with E-state index in [2.05, 4.69) is 0 Å². The summed E-state index contributed by atoms with van der Waals surface area (Å²) >= 11 is 11.6. The minimum absolute atomic E-state index is 0.147. The molecule has 0 amide bonds. The Morgan fingerprint density at radius 3 is 2.26 bits per heavy atom. The number of esters is 1. The average molecular weight is 496 g/mol. The number of hydrogen-bond acceptors (Lipinski definition) is 6. The molecule has 0 bridgehead atoms. The number of ketones is 2. The molecule has 0 spiro atoms. The monoisotopic (exact) mass is 495 g/mol. The van der Waals surface area contributed by atoms with Crippen LogP contribution < -0.4 is 4.74 Å². The van der Waals surface area contributed by atoms with Crippen LogP contribution >= 0.6 is 23.2 Å². The van der Waals surface area contributed by atoms with Crippen molar-refractivity contribution in [3.8, 4) is 17.6 Å². The molecule has 4 rings (SSSR count). The maximum Gasteiger partial charge on any atom is 0.311 e. The van der Waals surface area contributed by atoms with Gasteiger partial charge in [0, 0.05) is 5.56 Å². The molecule has 2 aliphatic rings. The molecule has 6 nitrogen and oxygen atoms in total. The van der Waals surface area contributed by atoms with Crippen molar-refractivity contribution in [2.75, 3.05) is 0 Å². The molecule has 0 heterocycles. The van der Waals surface area contributed by atoms with E-state index in [1.54, 1.807) is 36.4 Å². The Kier molecular flexibility index (Phi) is 6.35. The summed E-state index contributed by atoms with van der Waals surface area (Å²) < 4.78 is 11.3. The number of halogens is 2. The van der Waals surface area contributed by atoms with E-state index in [0.29, 0.717) is 17.1 Å². The number of allylic oxidation sites excluding steroid dienone is 4. The molecule has 1 saturated carbocycles. The van der Waals surface area contributed by atoms with Crippen molar-refractivity contribution in [3.05, 3.63) is 81.9 Å². The molecule has 3 atom stereocenters. The zero-order chi connectivity index (χ0) is 24.6. The Bertz CT molecular complexity index is 1260. The Morgan fingerprint density at radius 2 is 1.65 bits per heavy atom.